The molecule has 0 bridgehead atoms. The molecule has 0 aromatic heterocycles. The van der Waals surface area contributed by atoms with Crippen molar-refractivity contribution in [2.45, 2.75) is 84.4 Å². The Morgan fingerprint density at radius 1 is 1.09 bits per heavy atom. The molecule has 0 spiro atoms. The van der Waals surface area contributed by atoms with Gasteiger partial charge in [0.25, 0.3) is 0 Å². The van der Waals surface area contributed by atoms with E-state index in [1.165, 1.54) is 24.0 Å². The van der Waals surface area contributed by atoms with Gasteiger partial charge in [-0.1, -0.05) is 24.4 Å². The van der Waals surface area contributed by atoms with Crippen molar-refractivity contribution in [3.8, 4) is 0 Å². The number of hydrogen-bond acceptors (Lipinski definition) is 4. The highest BCUT2D eigenvalue weighted by Gasteiger charge is 2.33. The summed E-state index contributed by atoms with van der Waals surface area (Å²) in [5, 5.41) is 0.694. The van der Waals surface area contributed by atoms with Crippen LogP contribution >= 0.6 is 11.6 Å². The number of Topliss-reactive ketones (excluding diaryl/α,β-unsaturated/α-hetero) is 1. The number of rotatable bonds is 7. The number of nitrogens with zero attached hydrogens (tertiary/aromatic N) is 2. The van der Waals surface area contributed by atoms with Crippen LogP contribution in [0.25, 0.3) is 0 Å². The number of halogens is 1. The SMILES string of the molecule is Cc1c(CC(=O)CC2CCOC2C)cc(Cl)cc1CN1CCN(C(=O)C2CCCC2)[C@@H](C)C1. The van der Waals surface area contributed by atoms with Crippen molar-refractivity contribution in [1.29, 1.82) is 0 Å². The Morgan fingerprint density at radius 3 is 2.48 bits per heavy atom. The third kappa shape index (κ3) is 5.98. The highest BCUT2D eigenvalue weighted by molar-refractivity contribution is 6.30. The van der Waals surface area contributed by atoms with Gasteiger partial charge in [0.15, 0.2) is 0 Å². The molecule has 3 fully saturated rings. The molecule has 1 aromatic rings. The predicted molar refractivity (Wildman–Crippen MR) is 131 cm³/mol. The second-order valence-corrected chi connectivity index (χ2v) is 10.9. The number of carbonyl (C=O) groups is 2. The molecule has 1 aliphatic carbocycles. The standard InChI is InChI=1S/C27H39ClN2O3/c1-18-16-29(9-10-30(18)27(32)21-6-4-5-7-21)17-24-13-25(28)12-23(19(24)2)15-26(31)14-22-8-11-33-20(22)3/h12-13,18,20-22H,4-11,14-17H2,1-3H3/t18-,20?,22?/m0/s1. The summed E-state index contributed by atoms with van der Waals surface area (Å²) >= 11 is 6.48. The molecule has 4 rings (SSSR count). The van der Waals surface area contributed by atoms with Crippen LogP contribution in [0.15, 0.2) is 12.1 Å². The molecule has 1 aromatic carbocycles. The van der Waals surface area contributed by atoms with Crippen molar-refractivity contribution < 1.29 is 14.3 Å². The molecule has 2 saturated heterocycles. The van der Waals surface area contributed by atoms with Crippen molar-refractivity contribution in [2.24, 2.45) is 11.8 Å². The van der Waals surface area contributed by atoms with Gasteiger partial charge in [0.1, 0.15) is 5.78 Å². The fourth-order valence-corrected chi connectivity index (χ4v) is 6.18. The summed E-state index contributed by atoms with van der Waals surface area (Å²) in [5.41, 5.74) is 3.39. The van der Waals surface area contributed by atoms with Crippen molar-refractivity contribution in [3.63, 3.8) is 0 Å². The van der Waals surface area contributed by atoms with Gasteiger partial charge in [0.05, 0.1) is 6.10 Å². The predicted octanol–water partition coefficient (Wildman–Crippen LogP) is 4.80. The van der Waals surface area contributed by atoms with Gasteiger partial charge in [-0.15, -0.1) is 0 Å². The first-order chi connectivity index (χ1) is 15.8. The first kappa shape index (κ1) is 24.7. The average Bonchev–Trinajstić information content (AvgIpc) is 3.43. The lowest BCUT2D eigenvalue weighted by Gasteiger charge is -2.41. The van der Waals surface area contributed by atoms with Gasteiger partial charge in [0.2, 0.25) is 5.91 Å². The van der Waals surface area contributed by atoms with Crippen LogP contribution in [0.3, 0.4) is 0 Å². The number of carbonyl (C=O) groups excluding carboxylic acids is 2. The summed E-state index contributed by atoms with van der Waals surface area (Å²) in [5.74, 6) is 1.21. The molecule has 2 aliphatic heterocycles. The summed E-state index contributed by atoms with van der Waals surface area (Å²) in [7, 11) is 0. The maximum absolute atomic E-state index is 12.9. The van der Waals surface area contributed by atoms with E-state index in [9.17, 15) is 9.59 Å². The van der Waals surface area contributed by atoms with Crippen LogP contribution in [0, 0.1) is 18.8 Å². The molecule has 33 heavy (non-hydrogen) atoms. The molecule has 5 nitrogen and oxygen atoms in total. The van der Waals surface area contributed by atoms with Crippen molar-refractivity contribution in [3.05, 3.63) is 33.8 Å². The molecular weight excluding hydrogens is 436 g/mol. The van der Waals surface area contributed by atoms with E-state index >= 15 is 0 Å². The van der Waals surface area contributed by atoms with Crippen LogP contribution < -0.4 is 0 Å². The number of ketones is 1. The van der Waals surface area contributed by atoms with E-state index in [1.54, 1.807) is 0 Å². The number of benzene rings is 1. The Balaban J connectivity index is 1.36. The van der Waals surface area contributed by atoms with Gasteiger partial charge in [-0.05, 0) is 74.8 Å². The largest absolute Gasteiger partial charge is 0.378 e. The van der Waals surface area contributed by atoms with E-state index in [4.69, 9.17) is 16.3 Å². The lowest BCUT2D eigenvalue weighted by Crippen LogP contribution is -2.54. The summed E-state index contributed by atoms with van der Waals surface area (Å²) in [4.78, 5) is 30.2. The van der Waals surface area contributed by atoms with E-state index in [-0.39, 0.29) is 23.8 Å². The van der Waals surface area contributed by atoms with E-state index in [1.807, 2.05) is 12.1 Å². The molecular formula is C27H39ClN2O3. The number of amides is 1. The summed E-state index contributed by atoms with van der Waals surface area (Å²) in [6, 6.07) is 4.22. The lowest BCUT2D eigenvalue weighted by molar-refractivity contribution is -0.140. The van der Waals surface area contributed by atoms with E-state index < -0.39 is 0 Å². The molecule has 0 radical (unpaired) electrons. The zero-order chi connectivity index (χ0) is 23.5. The highest BCUT2D eigenvalue weighted by Crippen LogP contribution is 2.29. The summed E-state index contributed by atoms with van der Waals surface area (Å²) < 4.78 is 5.62. The van der Waals surface area contributed by atoms with Crippen molar-refractivity contribution in [2.75, 3.05) is 26.2 Å². The minimum Gasteiger partial charge on any atom is -0.378 e. The summed E-state index contributed by atoms with van der Waals surface area (Å²) in [6.45, 7) is 10.5. The van der Waals surface area contributed by atoms with Gasteiger partial charge in [-0.3, -0.25) is 14.5 Å². The highest BCUT2D eigenvalue weighted by atomic mass is 35.5. The molecule has 182 valence electrons. The second kappa shape index (κ2) is 10.9. The molecule has 0 N–H and O–H groups in total. The Morgan fingerprint density at radius 2 is 1.82 bits per heavy atom. The first-order valence-electron chi connectivity index (χ1n) is 12.8. The second-order valence-electron chi connectivity index (χ2n) is 10.5. The van der Waals surface area contributed by atoms with Crippen LogP contribution in [0.4, 0.5) is 0 Å². The topological polar surface area (TPSA) is 49.9 Å². The Kier molecular flexibility index (Phi) is 8.14. The number of ether oxygens (including phenoxy) is 1. The van der Waals surface area contributed by atoms with E-state index in [0.717, 1.165) is 57.6 Å². The third-order valence-electron chi connectivity index (χ3n) is 8.09. The van der Waals surface area contributed by atoms with Crippen LogP contribution in [-0.4, -0.2) is 59.9 Å². The van der Waals surface area contributed by atoms with Crippen LogP contribution in [0.1, 0.15) is 69.1 Å². The molecule has 3 aliphatic rings. The number of hydrogen-bond donors (Lipinski definition) is 0. The fourth-order valence-electron chi connectivity index (χ4n) is 5.92. The zero-order valence-corrected chi connectivity index (χ0v) is 21.2. The molecule has 2 unspecified atom stereocenters. The van der Waals surface area contributed by atoms with Crippen LogP contribution in [0.5, 0.6) is 0 Å². The minimum absolute atomic E-state index is 0.172. The maximum Gasteiger partial charge on any atom is 0.226 e. The average molecular weight is 475 g/mol. The monoisotopic (exact) mass is 474 g/mol. The first-order valence-corrected chi connectivity index (χ1v) is 13.1. The smallest absolute Gasteiger partial charge is 0.226 e. The van der Waals surface area contributed by atoms with E-state index in [0.29, 0.717) is 29.7 Å². The Hall–Kier alpha value is -1.43. The quantitative estimate of drug-likeness (QED) is 0.569. The van der Waals surface area contributed by atoms with Gasteiger partial charge in [0, 0.05) is 62.6 Å². The maximum atomic E-state index is 12.9. The Bertz CT molecular complexity index is 867. The van der Waals surface area contributed by atoms with Crippen molar-refractivity contribution in [1.82, 2.24) is 9.80 Å². The zero-order valence-electron chi connectivity index (χ0n) is 20.4. The Labute approximate surface area is 203 Å². The molecule has 6 heteroatoms. The minimum atomic E-state index is 0.172. The van der Waals surface area contributed by atoms with Gasteiger partial charge >= 0.3 is 0 Å². The van der Waals surface area contributed by atoms with Crippen LogP contribution in [-0.2, 0) is 27.3 Å². The normalized spacial score (nSPS) is 26.8. The van der Waals surface area contributed by atoms with E-state index in [2.05, 4.69) is 30.6 Å². The molecule has 1 amide bonds. The lowest BCUT2D eigenvalue weighted by atomic mass is 9.91. The van der Waals surface area contributed by atoms with Crippen molar-refractivity contribution >= 4 is 23.3 Å². The fraction of sp³-hybridized carbons (Fsp3) is 0.704. The molecule has 2 heterocycles. The molecule has 1 saturated carbocycles. The van der Waals surface area contributed by atoms with Gasteiger partial charge in [-0.25, -0.2) is 0 Å². The van der Waals surface area contributed by atoms with Crippen LogP contribution in [0.2, 0.25) is 5.02 Å². The van der Waals surface area contributed by atoms with Gasteiger partial charge < -0.3 is 9.64 Å². The molecule has 3 atom stereocenters. The van der Waals surface area contributed by atoms with Gasteiger partial charge in [-0.2, -0.15) is 0 Å². The summed E-state index contributed by atoms with van der Waals surface area (Å²) in [6.07, 6.45) is 6.66. The number of piperazine rings is 1. The third-order valence-corrected chi connectivity index (χ3v) is 8.31.